The number of rotatable bonds is 4. The van der Waals surface area contributed by atoms with Gasteiger partial charge in [-0.1, -0.05) is 0 Å². The van der Waals surface area contributed by atoms with E-state index in [-0.39, 0.29) is 0 Å². The average molecular weight is 340 g/mol. The maximum Gasteiger partial charge on any atom is 0.408 e. The second kappa shape index (κ2) is 7.18. The molecule has 0 heterocycles. The number of hydrogen-bond donors (Lipinski definition) is 2. The second-order valence-electron chi connectivity index (χ2n) is 7.09. The molecular formula is C14H23F3N2O4. The number of ether oxygens (including phenoxy) is 1. The molecule has 0 aliphatic rings. The lowest BCUT2D eigenvalue weighted by Gasteiger charge is -2.25. The summed E-state index contributed by atoms with van der Waals surface area (Å²) in [6.07, 6.45) is -7.61. The van der Waals surface area contributed by atoms with Crippen molar-refractivity contribution < 1.29 is 32.3 Å². The number of halogens is 3. The van der Waals surface area contributed by atoms with Gasteiger partial charge in [0.2, 0.25) is 5.78 Å². The minimum absolute atomic E-state index is 0.804. The van der Waals surface area contributed by atoms with E-state index >= 15 is 0 Å². The predicted molar refractivity (Wildman–Crippen MR) is 76.7 cm³/mol. The Morgan fingerprint density at radius 2 is 1.48 bits per heavy atom. The number of alkyl carbamates (subject to hydrolysis) is 1. The van der Waals surface area contributed by atoms with Gasteiger partial charge in [-0.05, 0) is 41.5 Å². The van der Waals surface area contributed by atoms with E-state index in [4.69, 9.17) is 4.74 Å². The average Bonchev–Trinajstić information content (AvgIpc) is 2.19. The summed E-state index contributed by atoms with van der Waals surface area (Å²) >= 11 is 0. The lowest BCUT2D eigenvalue weighted by Crippen LogP contribution is -2.53. The molecule has 0 radical (unpaired) electrons. The van der Waals surface area contributed by atoms with Gasteiger partial charge < -0.3 is 15.4 Å². The Morgan fingerprint density at radius 3 is 1.83 bits per heavy atom. The van der Waals surface area contributed by atoms with Crippen molar-refractivity contribution in [2.24, 2.45) is 0 Å². The van der Waals surface area contributed by atoms with E-state index in [9.17, 15) is 27.6 Å². The number of carbonyl (C=O) groups excluding carboxylic acids is 3. The molecular weight excluding hydrogens is 317 g/mol. The molecule has 0 fully saturated rings. The predicted octanol–water partition coefficient (Wildman–Crippen LogP) is 2.32. The molecule has 0 rings (SSSR count). The smallest absolute Gasteiger partial charge is 0.408 e. The molecule has 0 saturated carbocycles. The van der Waals surface area contributed by atoms with Gasteiger partial charge in [-0.2, -0.15) is 13.2 Å². The molecule has 9 heteroatoms. The molecule has 2 N–H and O–H groups in total. The summed E-state index contributed by atoms with van der Waals surface area (Å²) in [6.45, 7) is 9.24. The highest BCUT2D eigenvalue weighted by atomic mass is 19.4. The minimum Gasteiger partial charge on any atom is -0.444 e. The molecule has 0 aromatic heterocycles. The molecule has 1 atom stereocenters. The molecule has 0 bridgehead atoms. The third kappa shape index (κ3) is 10.5. The van der Waals surface area contributed by atoms with E-state index in [0.29, 0.717) is 0 Å². The van der Waals surface area contributed by atoms with Crippen LogP contribution in [0.15, 0.2) is 0 Å². The largest absolute Gasteiger partial charge is 0.444 e. The van der Waals surface area contributed by atoms with Crippen LogP contribution in [0.3, 0.4) is 0 Å². The Hall–Kier alpha value is -1.80. The van der Waals surface area contributed by atoms with Gasteiger partial charge in [0.15, 0.2) is 0 Å². The maximum absolute atomic E-state index is 12.6. The quantitative estimate of drug-likeness (QED) is 0.769. The lowest BCUT2D eigenvalue weighted by molar-refractivity contribution is -0.152. The zero-order valence-electron chi connectivity index (χ0n) is 14.1. The van der Waals surface area contributed by atoms with Gasteiger partial charge >= 0.3 is 12.3 Å². The molecule has 1 unspecified atom stereocenters. The second-order valence-corrected chi connectivity index (χ2v) is 7.09. The summed E-state index contributed by atoms with van der Waals surface area (Å²) in [5, 5.41) is 4.06. The highest BCUT2D eigenvalue weighted by molar-refractivity contribution is 6.38. The molecule has 0 saturated heterocycles. The topological polar surface area (TPSA) is 84.5 Å². The van der Waals surface area contributed by atoms with Gasteiger partial charge in [0.25, 0.3) is 5.91 Å². The van der Waals surface area contributed by atoms with Gasteiger partial charge in [-0.3, -0.25) is 9.59 Å². The van der Waals surface area contributed by atoms with Crippen molar-refractivity contribution in [2.75, 3.05) is 0 Å². The van der Waals surface area contributed by atoms with Crippen LogP contribution in [0.4, 0.5) is 18.0 Å². The van der Waals surface area contributed by atoms with Crippen LogP contribution in [-0.4, -0.2) is 41.1 Å². The Kier molecular flexibility index (Phi) is 6.62. The van der Waals surface area contributed by atoms with Gasteiger partial charge in [0, 0.05) is 5.54 Å². The first-order chi connectivity index (χ1) is 10.0. The Balaban J connectivity index is 5.11. The first kappa shape index (κ1) is 21.2. The zero-order valence-corrected chi connectivity index (χ0v) is 14.1. The Bertz CT molecular complexity index is 462. The number of amides is 2. The van der Waals surface area contributed by atoms with E-state index in [0.717, 1.165) is 0 Å². The maximum atomic E-state index is 12.6. The van der Waals surface area contributed by atoms with E-state index in [2.05, 4.69) is 5.32 Å². The van der Waals surface area contributed by atoms with Crippen molar-refractivity contribution in [3.05, 3.63) is 0 Å². The molecule has 134 valence electrons. The zero-order chi connectivity index (χ0) is 18.6. The fourth-order valence-electron chi connectivity index (χ4n) is 1.45. The molecule has 6 nitrogen and oxygen atoms in total. The fourth-order valence-corrected chi connectivity index (χ4v) is 1.45. The molecule has 0 aromatic rings. The van der Waals surface area contributed by atoms with Crippen molar-refractivity contribution in [2.45, 2.75) is 71.3 Å². The minimum atomic E-state index is -4.74. The van der Waals surface area contributed by atoms with Crippen molar-refractivity contribution in [3.63, 3.8) is 0 Å². The number of carbonyl (C=O) groups is 3. The summed E-state index contributed by atoms with van der Waals surface area (Å²) < 4.78 is 42.6. The van der Waals surface area contributed by atoms with Crippen molar-refractivity contribution in [3.8, 4) is 0 Å². The normalized spacial score (nSPS) is 14.0. The molecule has 0 aliphatic carbocycles. The Morgan fingerprint density at radius 1 is 1.00 bits per heavy atom. The number of nitrogens with one attached hydrogen (secondary N) is 2. The van der Waals surface area contributed by atoms with E-state index in [1.807, 2.05) is 0 Å². The molecule has 0 spiro atoms. The summed E-state index contributed by atoms with van der Waals surface area (Å²) in [5.74, 6) is -2.59. The van der Waals surface area contributed by atoms with Gasteiger partial charge in [0.05, 0.1) is 6.42 Å². The van der Waals surface area contributed by atoms with Crippen molar-refractivity contribution in [1.82, 2.24) is 10.6 Å². The molecule has 2 amide bonds. The summed E-state index contributed by atoms with van der Waals surface area (Å²) in [5.41, 5.74) is -1.76. The van der Waals surface area contributed by atoms with Crippen LogP contribution in [0.2, 0.25) is 0 Å². The van der Waals surface area contributed by atoms with Crippen LogP contribution in [0, 0.1) is 0 Å². The number of hydrogen-bond acceptors (Lipinski definition) is 4. The van der Waals surface area contributed by atoms with Gasteiger partial charge in [-0.25, -0.2) is 4.79 Å². The molecule has 0 aliphatic heterocycles. The van der Waals surface area contributed by atoms with Crippen LogP contribution in [0.5, 0.6) is 0 Å². The first-order valence-corrected chi connectivity index (χ1v) is 6.93. The number of alkyl halides is 3. The van der Waals surface area contributed by atoms with E-state index in [1.165, 1.54) is 20.8 Å². The van der Waals surface area contributed by atoms with E-state index in [1.54, 1.807) is 26.1 Å². The van der Waals surface area contributed by atoms with E-state index < -0.39 is 47.6 Å². The monoisotopic (exact) mass is 340 g/mol. The van der Waals surface area contributed by atoms with Crippen LogP contribution in [0.25, 0.3) is 0 Å². The SMILES string of the molecule is CC(C)(C)NC(=O)C(=O)C(CC(F)(F)F)NC(=O)OC(C)(C)C. The van der Waals surface area contributed by atoms with Gasteiger partial charge in [-0.15, -0.1) is 0 Å². The van der Waals surface area contributed by atoms with Crippen molar-refractivity contribution in [1.29, 1.82) is 0 Å². The highest BCUT2D eigenvalue weighted by Gasteiger charge is 2.39. The summed E-state index contributed by atoms with van der Waals surface area (Å²) in [4.78, 5) is 35.2. The third-order valence-corrected chi connectivity index (χ3v) is 2.16. The number of Topliss-reactive ketones (excluding diaryl/α,β-unsaturated/α-hetero) is 1. The molecule has 23 heavy (non-hydrogen) atoms. The highest BCUT2D eigenvalue weighted by Crippen LogP contribution is 2.22. The van der Waals surface area contributed by atoms with Crippen LogP contribution in [-0.2, 0) is 14.3 Å². The number of ketones is 1. The van der Waals surface area contributed by atoms with Gasteiger partial charge in [0.1, 0.15) is 11.6 Å². The van der Waals surface area contributed by atoms with Crippen LogP contribution >= 0.6 is 0 Å². The van der Waals surface area contributed by atoms with Crippen molar-refractivity contribution >= 4 is 17.8 Å². The molecule has 0 aromatic carbocycles. The third-order valence-electron chi connectivity index (χ3n) is 2.16. The van der Waals surface area contributed by atoms with Crippen LogP contribution in [0.1, 0.15) is 48.0 Å². The Labute approximate surface area is 133 Å². The first-order valence-electron chi connectivity index (χ1n) is 6.93. The standard InChI is InChI=1S/C14H23F3N2O4/c1-12(2,3)19-10(21)9(20)8(7-14(15,16)17)18-11(22)23-13(4,5)6/h8H,7H2,1-6H3,(H,18,22)(H,19,21). The summed E-state index contributed by atoms with van der Waals surface area (Å²) in [7, 11) is 0. The lowest BCUT2D eigenvalue weighted by atomic mass is 10.1. The summed E-state index contributed by atoms with van der Waals surface area (Å²) in [6, 6.07) is -2.05. The van der Waals surface area contributed by atoms with Crippen LogP contribution < -0.4 is 10.6 Å². The fraction of sp³-hybridized carbons (Fsp3) is 0.786.